The molecule has 42 heavy (non-hydrogen) atoms. The maximum atomic E-state index is 12.5. The fourth-order valence-electron chi connectivity index (χ4n) is 5.02. The number of nitrogens with zero attached hydrogens (tertiary/aromatic N) is 6. The second-order valence-corrected chi connectivity index (χ2v) is 11.7. The topological polar surface area (TPSA) is 168 Å². The Kier molecular flexibility index (Phi) is 7.12. The number of anilines is 2. The summed E-state index contributed by atoms with van der Waals surface area (Å²) < 4.78 is 7.14. The number of imide groups is 1. The smallest absolute Gasteiger partial charge is 0.410 e. The number of piperidine rings is 1. The number of hydrogen-bond acceptors (Lipinski definition) is 10. The van der Waals surface area contributed by atoms with Crippen LogP contribution in [0.1, 0.15) is 69.2 Å². The lowest BCUT2D eigenvalue weighted by molar-refractivity contribution is -0.115. The Hall–Kier alpha value is -4.75. The number of carbonyl (C=O) groups excluding carboxylic acids is 3. The van der Waals surface area contributed by atoms with Crippen molar-refractivity contribution in [2.45, 2.75) is 70.6 Å². The van der Waals surface area contributed by atoms with E-state index < -0.39 is 17.5 Å². The van der Waals surface area contributed by atoms with Crippen molar-refractivity contribution in [3.8, 4) is 0 Å². The van der Waals surface area contributed by atoms with Gasteiger partial charge in [-0.15, -0.1) is 0 Å². The average Bonchev–Trinajstić information content (AvgIpc) is 3.59. The molecule has 2 aliphatic heterocycles. The lowest BCUT2D eigenvalue weighted by Crippen LogP contribution is -2.41. The molecule has 5 heterocycles. The van der Waals surface area contributed by atoms with Crippen LogP contribution in [0.5, 0.6) is 0 Å². The Morgan fingerprint density at radius 3 is 2.62 bits per heavy atom. The summed E-state index contributed by atoms with van der Waals surface area (Å²) in [6.45, 7) is 7.27. The zero-order valence-corrected chi connectivity index (χ0v) is 23.8. The molecule has 3 fully saturated rings. The van der Waals surface area contributed by atoms with Crippen LogP contribution in [-0.4, -0.2) is 72.2 Å². The number of aromatic nitrogens is 5. The Labute approximate surface area is 242 Å². The first-order chi connectivity index (χ1) is 20.1. The zero-order valence-electron chi connectivity index (χ0n) is 23.8. The molecular formula is C28H34N10O4. The number of fused-ring (bicyclic) bond motifs is 1. The van der Waals surface area contributed by atoms with Gasteiger partial charge in [0.2, 0.25) is 11.9 Å². The third-order valence-electron chi connectivity index (χ3n) is 7.22. The lowest BCUT2D eigenvalue weighted by atomic mass is 9.90. The van der Waals surface area contributed by atoms with Crippen LogP contribution < -0.4 is 21.3 Å². The normalized spacial score (nSPS) is 18.7. The minimum Gasteiger partial charge on any atom is -0.444 e. The number of ether oxygens (including phenoxy) is 1. The molecule has 2 saturated heterocycles. The van der Waals surface area contributed by atoms with E-state index >= 15 is 0 Å². The highest BCUT2D eigenvalue weighted by molar-refractivity contribution is 6.14. The number of urea groups is 1. The van der Waals surface area contributed by atoms with Crippen molar-refractivity contribution < 1.29 is 19.1 Å². The molecule has 3 aromatic rings. The number of nitrogens with one attached hydrogen (secondary N) is 4. The van der Waals surface area contributed by atoms with Gasteiger partial charge in [-0.25, -0.2) is 9.59 Å². The Bertz CT molecular complexity index is 1560. The molecule has 4 amide bonds. The van der Waals surface area contributed by atoms with E-state index in [1.54, 1.807) is 27.9 Å². The van der Waals surface area contributed by atoms with E-state index in [0.717, 1.165) is 36.9 Å². The maximum Gasteiger partial charge on any atom is 0.410 e. The van der Waals surface area contributed by atoms with E-state index in [2.05, 4.69) is 31.3 Å². The Balaban J connectivity index is 1.20. The van der Waals surface area contributed by atoms with E-state index in [9.17, 15) is 14.4 Å². The number of hydrogen-bond donors (Lipinski definition) is 4. The molecule has 0 spiro atoms. The van der Waals surface area contributed by atoms with Crippen LogP contribution in [0.25, 0.3) is 11.7 Å². The fraction of sp³-hybridized carbons (Fsp3) is 0.464. The van der Waals surface area contributed by atoms with Crippen molar-refractivity contribution in [3.05, 3.63) is 47.0 Å². The summed E-state index contributed by atoms with van der Waals surface area (Å²) in [7, 11) is 0. The summed E-state index contributed by atoms with van der Waals surface area (Å²) in [6.07, 6.45) is 8.32. The van der Waals surface area contributed by atoms with Crippen molar-refractivity contribution in [1.29, 1.82) is 0 Å². The summed E-state index contributed by atoms with van der Waals surface area (Å²) in [4.78, 5) is 52.0. The summed E-state index contributed by atoms with van der Waals surface area (Å²) in [5.74, 6) is 0.623. The van der Waals surface area contributed by atoms with Crippen molar-refractivity contribution in [2.75, 3.05) is 23.7 Å². The molecule has 14 nitrogen and oxygen atoms in total. The largest absolute Gasteiger partial charge is 0.444 e. The summed E-state index contributed by atoms with van der Waals surface area (Å²) >= 11 is 0. The average molecular weight is 575 g/mol. The summed E-state index contributed by atoms with van der Waals surface area (Å²) in [6, 6.07) is 3.69. The van der Waals surface area contributed by atoms with Gasteiger partial charge in [-0.05, 0) is 64.2 Å². The highest BCUT2D eigenvalue weighted by atomic mass is 16.6. The van der Waals surface area contributed by atoms with Crippen LogP contribution >= 0.6 is 0 Å². The molecular weight excluding hydrogens is 540 g/mol. The zero-order chi connectivity index (χ0) is 29.4. The van der Waals surface area contributed by atoms with Crippen molar-refractivity contribution >= 4 is 41.7 Å². The Morgan fingerprint density at radius 2 is 1.93 bits per heavy atom. The van der Waals surface area contributed by atoms with Crippen LogP contribution in [-0.2, 0) is 16.1 Å². The van der Waals surface area contributed by atoms with Crippen molar-refractivity contribution in [2.24, 2.45) is 0 Å². The lowest BCUT2D eigenvalue weighted by Gasteiger charge is -2.33. The number of amides is 4. The molecule has 0 unspecified atom stereocenters. The molecule has 14 heteroatoms. The van der Waals surface area contributed by atoms with Gasteiger partial charge in [0, 0.05) is 49.0 Å². The van der Waals surface area contributed by atoms with Gasteiger partial charge in [0.05, 0.1) is 6.20 Å². The summed E-state index contributed by atoms with van der Waals surface area (Å²) in [5.41, 5.74) is 2.65. The van der Waals surface area contributed by atoms with Crippen molar-refractivity contribution in [1.82, 2.24) is 40.1 Å². The van der Waals surface area contributed by atoms with Crippen LogP contribution in [0.2, 0.25) is 0 Å². The van der Waals surface area contributed by atoms with Crippen molar-refractivity contribution in [3.63, 3.8) is 0 Å². The van der Waals surface area contributed by atoms with E-state index in [1.807, 2.05) is 32.9 Å². The number of rotatable bonds is 7. The standard InChI is InChI=1S/C28H34N10O4/c1-28(2,3)42-27(41)37-11-8-16(9-12-37)21-17(5-4-10-29-21)14-30-24-34-22-18(13-20-23(39)35-26(40)33-20)15-31-38(22)25(36-24)32-19-6-7-19/h4-5,10,13,15-16,19H,6-9,11-12,14H2,1-3H3,(H2,30,32,34,36)(H2,33,35,39,40)/b20-13-. The van der Waals surface area contributed by atoms with E-state index in [0.29, 0.717) is 48.8 Å². The van der Waals surface area contributed by atoms with E-state index in [1.165, 1.54) is 0 Å². The Morgan fingerprint density at radius 1 is 1.14 bits per heavy atom. The van der Waals surface area contributed by atoms with Gasteiger partial charge in [-0.1, -0.05) is 6.07 Å². The van der Waals surface area contributed by atoms with E-state index in [4.69, 9.17) is 14.7 Å². The molecule has 3 aliphatic rings. The van der Waals surface area contributed by atoms with Crippen LogP contribution in [0.3, 0.4) is 0 Å². The second-order valence-electron chi connectivity index (χ2n) is 11.7. The van der Waals surface area contributed by atoms with Gasteiger partial charge in [0.15, 0.2) is 5.65 Å². The number of likely N-dealkylation sites (tertiary alicyclic amines) is 1. The number of carbonyl (C=O) groups is 3. The van der Waals surface area contributed by atoms with Gasteiger partial charge in [0.25, 0.3) is 5.91 Å². The van der Waals surface area contributed by atoms with Gasteiger partial charge in [-0.3, -0.25) is 15.1 Å². The first kappa shape index (κ1) is 27.4. The van der Waals surface area contributed by atoms with Gasteiger partial charge in [-0.2, -0.15) is 19.6 Å². The summed E-state index contributed by atoms with van der Waals surface area (Å²) in [5, 5.41) is 15.9. The number of pyridine rings is 1. The molecule has 6 rings (SSSR count). The highest BCUT2D eigenvalue weighted by Crippen LogP contribution is 2.30. The quantitative estimate of drug-likeness (QED) is 0.243. The van der Waals surface area contributed by atoms with Gasteiger partial charge < -0.3 is 25.6 Å². The van der Waals surface area contributed by atoms with Gasteiger partial charge in [0.1, 0.15) is 11.3 Å². The minimum atomic E-state index is -0.571. The molecule has 0 radical (unpaired) electrons. The van der Waals surface area contributed by atoms with Crippen LogP contribution in [0.15, 0.2) is 30.2 Å². The molecule has 0 aromatic carbocycles. The fourth-order valence-corrected chi connectivity index (χ4v) is 5.02. The molecule has 1 saturated carbocycles. The molecule has 220 valence electrons. The second kappa shape index (κ2) is 10.9. The van der Waals surface area contributed by atoms with Crippen LogP contribution in [0.4, 0.5) is 21.5 Å². The van der Waals surface area contributed by atoms with Crippen LogP contribution in [0, 0.1) is 0 Å². The predicted octanol–water partition coefficient (Wildman–Crippen LogP) is 3.00. The van der Waals surface area contributed by atoms with E-state index in [-0.39, 0.29) is 17.7 Å². The molecule has 0 atom stereocenters. The maximum absolute atomic E-state index is 12.5. The SMILES string of the molecule is CC(C)(C)OC(=O)N1CCC(c2ncccc2CNc2nc(NC3CC3)n3ncc(/C=C4\NC(=O)NC4=O)c3n2)CC1. The molecule has 1 aliphatic carbocycles. The van der Waals surface area contributed by atoms with Gasteiger partial charge >= 0.3 is 12.1 Å². The molecule has 4 N–H and O–H groups in total. The first-order valence-corrected chi connectivity index (χ1v) is 14.1. The monoisotopic (exact) mass is 574 g/mol. The highest BCUT2D eigenvalue weighted by Gasteiger charge is 2.29. The predicted molar refractivity (Wildman–Crippen MR) is 153 cm³/mol. The third-order valence-corrected chi connectivity index (χ3v) is 7.22. The third kappa shape index (κ3) is 6.11. The molecule has 0 bridgehead atoms. The first-order valence-electron chi connectivity index (χ1n) is 14.1. The molecule has 3 aromatic heterocycles. The minimum absolute atomic E-state index is 0.123.